The van der Waals surface area contributed by atoms with Crippen LogP contribution in [0.25, 0.3) is 0 Å². The third kappa shape index (κ3) is 4.87. The Kier molecular flexibility index (Phi) is 6.51. The molecule has 0 spiro atoms. The number of rotatable bonds is 7. The first-order valence-electron chi connectivity index (χ1n) is 6.70. The lowest BCUT2D eigenvalue weighted by Crippen LogP contribution is -2.18. The molecule has 1 unspecified atom stereocenters. The van der Waals surface area contributed by atoms with E-state index in [0.29, 0.717) is 5.92 Å². The Morgan fingerprint density at radius 2 is 2.00 bits per heavy atom. The van der Waals surface area contributed by atoms with Crippen LogP contribution in [-0.4, -0.2) is 13.2 Å². The number of hydrogen-bond donors (Lipinski definition) is 1. The summed E-state index contributed by atoms with van der Waals surface area (Å²) in [5.74, 6) is 1.52. The summed E-state index contributed by atoms with van der Waals surface area (Å²) in [5.41, 5.74) is 1.12. The van der Waals surface area contributed by atoms with Crippen molar-refractivity contribution in [3.8, 4) is 5.75 Å². The third-order valence-corrected chi connectivity index (χ3v) is 3.24. The van der Waals surface area contributed by atoms with Gasteiger partial charge in [0.05, 0.1) is 6.61 Å². The highest BCUT2D eigenvalue weighted by molar-refractivity contribution is 6.31. The molecule has 0 aromatic heterocycles. The minimum Gasteiger partial charge on any atom is -0.494 e. The third-order valence-electron chi connectivity index (χ3n) is 2.91. The maximum absolute atomic E-state index is 6.28. The molecule has 18 heavy (non-hydrogen) atoms. The van der Waals surface area contributed by atoms with Gasteiger partial charge in [-0.3, -0.25) is 0 Å². The molecule has 1 aromatic rings. The summed E-state index contributed by atoms with van der Waals surface area (Å²) in [4.78, 5) is 0. The van der Waals surface area contributed by atoms with E-state index in [4.69, 9.17) is 16.3 Å². The lowest BCUT2D eigenvalue weighted by Gasteiger charge is -2.15. The van der Waals surface area contributed by atoms with E-state index in [1.54, 1.807) is 0 Å². The molecule has 0 aliphatic rings. The van der Waals surface area contributed by atoms with Crippen molar-refractivity contribution < 1.29 is 4.74 Å². The lowest BCUT2D eigenvalue weighted by molar-refractivity contribution is 0.289. The molecule has 1 atom stereocenters. The van der Waals surface area contributed by atoms with Gasteiger partial charge in [0.15, 0.2) is 0 Å². The Balaban J connectivity index is 2.61. The van der Waals surface area contributed by atoms with E-state index < -0.39 is 0 Å². The monoisotopic (exact) mass is 269 g/mol. The number of ether oxygens (including phenoxy) is 1. The predicted molar refractivity (Wildman–Crippen MR) is 78.5 cm³/mol. The van der Waals surface area contributed by atoms with Gasteiger partial charge in [-0.15, -0.1) is 0 Å². The molecule has 0 bridgehead atoms. The van der Waals surface area contributed by atoms with Crippen LogP contribution in [0.2, 0.25) is 5.02 Å². The van der Waals surface area contributed by atoms with Crippen molar-refractivity contribution in [3.63, 3.8) is 0 Å². The Labute approximate surface area is 116 Å². The Bertz CT molecular complexity index is 366. The van der Waals surface area contributed by atoms with Crippen LogP contribution in [0.15, 0.2) is 18.2 Å². The van der Waals surface area contributed by atoms with E-state index in [0.717, 1.165) is 35.9 Å². The van der Waals surface area contributed by atoms with Crippen molar-refractivity contribution in [1.29, 1.82) is 0 Å². The van der Waals surface area contributed by atoms with Crippen LogP contribution in [0, 0.1) is 5.92 Å². The molecular weight excluding hydrogens is 246 g/mol. The van der Waals surface area contributed by atoms with E-state index in [2.05, 4.69) is 33.0 Å². The van der Waals surface area contributed by atoms with Crippen LogP contribution in [0.4, 0.5) is 0 Å². The highest BCUT2D eigenvalue weighted by Gasteiger charge is 2.09. The summed E-state index contributed by atoms with van der Waals surface area (Å²) in [7, 11) is 0. The first-order valence-corrected chi connectivity index (χ1v) is 7.08. The Hall–Kier alpha value is -0.730. The summed E-state index contributed by atoms with van der Waals surface area (Å²) in [6.07, 6.45) is 1.06. The molecule has 0 amide bonds. The molecule has 0 radical (unpaired) electrons. The molecule has 0 saturated carbocycles. The van der Waals surface area contributed by atoms with Crippen LogP contribution in [-0.2, 0) is 0 Å². The molecule has 3 heteroatoms. The van der Waals surface area contributed by atoms with Gasteiger partial charge >= 0.3 is 0 Å². The normalized spacial score (nSPS) is 12.8. The lowest BCUT2D eigenvalue weighted by atomic mass is 10.1. The van der Waals surface area contributed by atoms with Gasteiger partial charge in [0.25, 0.3) is 0 Å². The SMILES string of the molecule is CCNC(C)c1ccc(OCCC(C)C)cc1Cl. The van der Waals surface area contributed by atoms with Crippen molar-refractivity contribution in [1.82, 2.24) is 5.32 Å². The average molecular weight is 270 g/mol. The summed E-state index contributed by atoms with van der Waals surface area (Å²) in [5, 5.41) is 4.12. The minimum absolute atomic E-state index is 0.271. The smallest absolute Gasteiger partial charge is 0.120 e. The number of benzene rings is 1. The van der Waals surface area contributed by atoms with Gasteiger partial charge in [-0.25, -0.2) is 0 Å². The first-order chi connectivity index (χ1) is 8.54. The van der Waals surface area contributed by atoms with Crippen molar-refractivity contribution in [2.45, 2.75) is 40.2 Å². The van der Waals surface area contributed by atoms with Gasteiger partial charge in [-0.05, 0) is 43.5 Å². The molecule has 0 saturated heterocycles. The largest absolute Gasteiger partial charge is 0.494 e. The van der Waals surface area contributed by atoms with Gasteiger partial charge in [0.1, 0.15) is 5.75 Å². The molecule has 0 aliphatic heterocycles. The summed E-state index contributed by atoms with van der Waals surface area (Å²) in [6.45, 7) is 10.3. The van der Waals surface area contributed by atoms with Crippen LogP contribution in [0.3, 0.4) is 0 Å². The fourth-order valence-corrected chi connectivity index (χ4v) is 2.11. The maximum atomic E-state index is 6.28. The molecule has 1 rings (SSSR count). The molecule has 0 fully saturated rings. The van der Waals surface area contributed by atoms with Crippen LogP contribution in [0.5, 0.6) is 5.75 Å². The van der Waals surface area contributed by atoms with Crippen LogP contribution >= 0.6 is 11.6 Å². The molecular formula is C15H24ClNO. The van der Waals surface area contributed by atoms with Crippen LogP contribution in [0.1, 0.15) is 45.7 Å². The van der Waals surface area contributed by atoms with Crippen molar-refractivity contribution in [3.05, 3.63) is 28.8 Å². The van der Waals surface area contributed by atoms with E-state index in [9.17, 15) is 0 Å². The summed E-state index contributed by atoms with van der Waals surface area (Å²) < 4.78 is 5.69. The second-order valence-corrected chi connectivity index (χ2v) is 5.40. The molecule has 0 aliphatic carbocycles. The van der Waals surface area contributed by atoms with Crippen molar-refractivity contribution in [2.24, 2.45) is 5.92 Å². The Morgan fingerprint density at radius 1 is 1.28 bits per heavy atom. The summed E-state index contributed by atoms with van der Waals surface area (Å²) in [6, 6.07) is 6.22. The van der Waals surface area contributed by atoms with E-state index in [1.807, 2.05) is 18.2 Å². The second-order valence-electron chi connectivity index (χ2n) is 4.99. The molecule has 102 valence electrons. The quantitative estimate of drug-likeness (QED) is 0.790. The minimum atomic E-state index is 0.271. The van der Waals surface area contributed by atoms with Gasteiger partial charge in [0, 0.05) is 11.1 Å². The van der Waals surface area contributed by atoms with Gasteiger partial charge < -0.3 is 10.1 Å². The maximum Gasteiger partial charge on any atom is 0.120 e. The fourth-order valence-electron chi connectivity index (χ4n) is 1.78. The van der Waals surface area contributed by atoms with E-state index >= 15 is 0 Å². The van der Waals surface area contributed by atoms with Gasteiger partial charge in [0.2, 0.25) is 0 Å². The molecule has 0 heterocycles. The molecule has 1 aromatic carbocycles. The van der Waals surface area contributed by atoms with E-state index in [1.165, 1.54) is 0 Å². The zero-order chi connectivity index (χ0) is 13.5. The molecule has 1 N–H and O–H groups in total. The standard InChI is InChI=1S/C15H24ClNO/c1-5-17-12(4)14-7-6-13(10-15(14)16)18-9-8-11(2)3/h6-7,10-12,17H,5,8-9H2,1-4H3. The second kappa shape index (κ2) is 7.65. The zero-order valence-electron chi connectivity index (χ0n) is 11.8. The van der Waals surface area contributed by atoms with Crippen LogP contribution < -0.4 is 10.1 Å². The van der Waals surface area contributed by atoms with Gasteiger partial charge in [-0.1, -0.05) is 38.4 Å². The van der Waals surface area contributed by atoms with Crippen molar-refractivity contribution in [2.75, 3.05) is 13.2 Å². The topological polar surface area (TPSA) is 21.3 Å². The highest BCUT2D eigenvalue weighted by Crippen LogP contribution is 2.27. The zero-order valence-corrected chi connectivity index (χ0v) is 12.6. The number of nitrogens with one attached hydrogen (secondary N) is 1. The Morgan fingerprint density at radius 3 is 2.56 bits per heavy atom. The summed E-state index contributed by atoms with van der Waals surface area (Å²) >= 11 is 6.28. The first kappa shape index (κ1) is 15.3. The predicted octanol–water partition coefficient (Wildman–Crippen LogP) is 4.44. The van der Waals surface area contributed by atoms with Crippen molar-refractivity contribution >= 4 is 11.6 Å². The average Bonchev–Trinajstić information content (AvgIpc) is 2.28. The number of hydrogen-bond acceptors (Lipinski definition) is 2. The molecule has 2 nitrogen and oxygen atoms in total. The van der Waals surface area contributed by atoms with Gasteiger partial charge in [-0.2, -0.15) is 0 Å². The fraction of sp³-hybridized carbons (Fsp3) is 0.600. The number of halogens is 1. The van der Waals surface area contributed by atoms with E-state index in [-0.39, 0.29) is 6.04 Å². The highest BCUT2D eigenvalue weighted by atomic mass is 35.5.